The Hall–Kier alpha value is -4.76. The molecule has 9 heteroatoms. The molecular weight excluding hydrogens is 516 g/mol. The van der Waals surface area contributed by atoms with Gasteiger partial charge in [0.25, 0.3) is 0 Å². The van der Waals surface area contributed by atoms with E-state index in [1.54, 1.807) is 36.3 Å². The Morgan fingerprint density at radius 2 is 1.78 bits per heavy atom. The van der Waals surface area contributed by atoms with Crippen LogP contribution in [0.3, 0.4) is 0 Å². The number of benzene rings is 2. The number of ketones is 1. The zero-order valence-electron chi connectivity index (χ0n) is 24.2. The molecule has 0 spiro atoms. The van der Waals surface area contributed by atoms with Crippen LogP contribution >= 0.6 is 0 Å². The van der Waals surface area contributed by atoms with Crippen molar-refractivity contribution >= 4 is 23.1 Å². The minimum atomic E-state index is -0.302. The summed E-state index contributed by atoms with van der Waals surface area (Å²) in [5.41, 5.74) is 6.13. The Labute approximate surface area is 241 Å². The van der Waals surface area contributed by atoms with E-state index in [2.05, 4.69) is 31.8 Å². The molecule has 0 saturated carbocycles. The van der Waals surface area contributed by atoms with Crippen LogP contribution in [0.2, 0.25) is 0 Å². The Morgan fingerprint density at radius 3 is 2.41 bits per heavy atom. The third-order valence-corrected chi connectivity index (χ3v) is 6.77. The fraction of sp³-hybridized carbons (Fsp3) is 0.250. The second kappa shape index (κ2) is 13.1. The topological polar surface area (TPSA) is 92.6 Å². The normalized spacial score (nSPS) is 10.9. The largest absolute Gasteiger partial charge is 0.496 e. The first-order valence-electron chi connectivity index (χ1n) is 13.3. The molecule has 1 N–H and O–H groups in total. The quantitative estimate of drug-likeness (QED) is 0.205. The molecule has 2 aromatic carbocycles. The first-order valence-corrected chi connectivity index (χ1v) is 13.3. The third-order valence-electron chi connectivity index (χ3n) is 6.77. The van der Waals surface area contributed by atoms with Crippen molar-refractivity contribution in [2.24, 2.45) is 7.05 Å². The van der Waals surface area contributed by atoms with Crippen LogP contribution < -0.4 is 15.0 Å². The summed E-state index contributed by atoms with van der Waals surface area (Å²) in [6, 6.07) is 14.8. The van der Waals surface area contributed by atoms with Gasteiger partial charge in [0, 0.05) is 80.0 Å². The molecule has 9 nitrogen and oxygen atoms in total. The maximum Gasteiger partial charge on any atom is 0.247 e. The SMILES string of the molecule is C=CC(=O)Nc1cc(Cc2cc(C(=O)c3ccc(-c4cnn(C)c4)cc3)ccn2)c(OC)cc1N(C)CCN(C)C. The highest BCUT2D eigenvalue weighted by Crippen LogP contribution is 2.35. The van der Waals surface area contributed by atoms with E-state index < -0.39 is 0 Å². The number of aromatic nitrogens is 3. The minimum absolute atomic E-state index is 0.0878. The number of ether oxygens (including phenoxy) is 1. The third kappa shape index (κ3) is 7.26. The minimum Gasteiger partial charge on any atom is -0.496 e. The second-order valence-corrected chi connectivity index (χ2v) is 10.1. The standard InChI is InChI=1S/C32H36N6O3/c1-7-31(39)35-28-18-25(30(41-6)19-29(28)37(4)15-14-36(2)3)17-27-16-24(12-13-33-27)32(40)23-10-8-22(9-11-23)26-20-34-38(5)21-26/h7-13,16,18-21H,1,14-15,17H2,2-6H3,(H,35,39). The van der Waals surface area contributed by atoms with Crippen LogP contribution in [0.4, 0.5) is 11.4 Å². The Balaban J connectivity index is 1.60. The van der Waals surface area contributed by atoms with Crippen molar-refractivity contribution in [2.75, 3.05) is 51.6 Å². The summed E-state index contributed by atoms with van der Waals surface area (Å²) >= 11 is 0. The van der Waals surface area contributed by atoms with Gasteiger partial charge >= 0.3 is 0 Å². The van der Waals surface area contributed by atoms with Crippen molar-refractivity contribution in [3.8, 4) is 16.9 Å². The van der Waals surface area contributed by atoms with E-state index in [0.29, 0.717) is 34.7 Å². The number of pyridine rings is 1. The number of rotatable bonds is 12. The highest BCUT2D eigenvalue weighted by atomic mass is 16.5. The van der Waals surface area contributed by atoms with Gasteiger partial charge in [-0.25, -0.2) is 0 Å². The number of likely N-dealkylation sites (N-methyl/N-ethyl adjacent to an activating group) is 2. The summed E-state index contributed by atoms with van der Waals surface area (Å²) in [7, 11) is 9.49. The zero-order chi connectivity index (χ0) is 29.5. The average Bonchev–Trinajstić information content (AvgIpc) is 3.42. The number of carbonyl (C=O) groups is 2. The molecule has 41 heavy (non-hydrogen) atoms. The Bertz CT molecular complexity index is 1540. The zero-order valence-corrected chi connectivity index (χ0v) is 24.2. The van der Waals surface area contributed by atoms with Gasteiger partial charge in [-0.2, -0.15) is 5.10 Å². The molecule has 0 unspecified atom stereocenters. The van der Waals surface area contributed by atoms with Gasteiger partial charge in [0.15, 0.2) is 5.78 Å². The fourth-order valence-electron chi connectivity index (χ4n) is 4.47. The molecule has 0 aliphatic carbocycles. The molecule has 212 valence electrons. The molecule has 2 aromatic heterocycles. The van der Waals surface area contributed by atoms with Crippen LogP contribution in [-0.2, 0) is 18.3 Å². The van der Waals surface area contributed by atoms with Gasteiger partial charge < -0.3 is 19.9 Å². The molecule has 4 rings (SSSR count). The summed E-state index contributed by atoms with van der Waals surface area (Å²) < 4.78 is 7.49. The Kier molecular flexibility index (Phi) is 9.31. The van der Waals surface area contributed by atoms with E-state index in [-0.39, 0.29) is 11.7 Å². The molecule has 4 aromatic rings. The lowest BCUT2D eigenvalue weighted by molar-refractivity contribution is -0.111. The number of hydrogen-bond donors (Lipinski definition) is 1. The van der Waals surface area contributed by atoms with E-state index in [1.165, 1.54) is 6.08 Å². The van der Waals surface area contributed by atoms with E-state index in [9.17, 15) is 9.59 Å². The van der Waals surface area contributed by atoms with E-state index in [0.717, 1.165) is 35.5 Å². The predicted octanol–water partition coefficient (Wildman–Crippen LogP) is 4.43. The van der Waals surface area contributed by atoms with Gasteiger partial charge in [-0.15, -0.1) is 0 Å². The summed E-state index contributed by atoms with van der Waals surface area (Å²) in [5, 5.41) is 7.14. The highest BCUT2D eigenvalue weighted by molar-refractivity contribution is 6.09. The van der Waals surface area contributed by atoms with Crippen molar-refractivity contribution < 1.29 is 14.3 Å². The van der Waals surface area contributed by atoms with Gasteiger partial charge in [0.2, 0.25) is 5.91 Å². The van der Waals surface area contributed by atoms with Crippen LogP contribution in [0.25, 0.3) is 11.1 Å². The van der Waals surface area contributed by atoms with Crippen LogP contribution in [0.15, 0.2) is 79.8 Å². The summed E-state index contributed by atoms with van der Waals surface area (Å²) in [5.74, 6) is 0.275. The molecule has 0 aliphatic heterocycles. The summed E-state index contributed by atoms with van der Waals surface area (Å²) in [4.78, 5) is 34.3. The van der Waals surface area contributed by atoms with Gasteiger partial charge in [0.1, 0.15) is 5.75 Å². The molecular formula is C32H36N6O3. The number of amides is 1. The lowest BCUT2D eigenvalue weighted by atomic mass is 9.99. The van der Waals surface area contributed by atoms with Gasteiger partial charge in [0.05, 0.1) is 24.7 Å². The molecule has 0 fully saturated rings. The van der Waals surface area contributed by atoms with Crippen molar-refractivity contribution in [2.45, 2.75) is 6.42 Å². The maximum absolute atomic E-state index is 13.3. The molecule has 0 aliphatic rings. The van der Waals surface area contributed by atoms with Crippen molar-refractivity contribution in [3.05, 3.63) is 102 Å². The average molecular weight is 553 g/mol. The molecule has 0 atom stereocenters. The smallest absolute Gasteiger partial charge is 0.247 e. The first-order chi connectivity index (χ1) is 19.7. The molecule has 2 heterocycles. The van der Waals surface area contributed by atoms with Gasteiger partial charge in [-0.3, -0.25) is 19.3 Å². The predicted molar refractivity (Wildman–Crippen MR) is 163 cm³/mol. The fourth-order valence-corrected chi connectivity index (χ4v) is 4.47. The molecule has 1 amide bonds. The van der Waals surface area contributed by atoms with Crippen molar-refractivity contribution in [1.29, 1.82) is 0 Å². The van der Waals surface area contributed by atoms with Gasteiger partial charge in [-0.1, -0.05) is 30.8 Å². The molecule has 0 radical (unpaired) electrons. The van der Waals surface area contributed by atoms with E-state index in [1.807, 2.05) is 70.8 Å². The van der Waals surface area contributed by atoms with E-state index in [4.69, 9.17) is 4.74 Å². The summed E-state index contributed by atoms with van der Waals surface area (Å²) in [6.45, 7) is 5.18. The maximum atomic E-state index is 13.3. The van der Waals surface area contributed by atoms with Crippen LogP contribution in [0.1, 0.15) is 27.2 Å². The van der Waals surface area contributed by atoms with Crippen molar-refractivity contribution in [3.63, 3.8) is 0 Å². The van der Waals surface area contributed by atoms with Crippen LogP contribution in [0.5, 0.6) is 5.75 Å². The lowest BCUT2D eigenvalue weighted by Gasteiger charge is -2.26. The second-order valence-electron chi connectivity index (χ2n) is 10.1. The number of carbonyl (C=O) groups excluding carboxylic acids is 2. The number of methoxy groups -OCH3 is 1. The van der Waals surface area contributed by atoms with Gasteiger partial charge in [-0.05, 0) is 43.9 Å². The monoisotopic (exact) mass is 552 g/mol. The number of aryl methyl sites for hydroxylation is 1. The van der Waals surface area contributed by atoms with Crippen LogP contribution in [-0.4, -0.2) is 72.7 Å². The van der Waals surface area contributed by atoms with Crippen molar-refractivity contribution in [1.82, 2.24) is 19.7 Å². The molecule has 0 bridgehead atoms. The molecule has 0 saturated heterocycles. The number of anilines is 2. The highest BCUT2D eigenvalue weighted by Gasteiger charge is 2.17. The summed E-state index contributed by atoms with van der Waals surface area (Å²) in [6.07, 6.45) is 7.02. The number of nitrogens with one attached hydrogen (secondary N) is 1. The number of hydrogen-bond acceptors (Lipinski definition) is 7. The first kappa shape index (κ1) is 29.2. The number of nitrogens with zero attached hydrogens (tertiary/aromatic N) is 5. The van der Waals surface area contributed by atoms with E-state index >= 15 is 0 Å². The van der Waals surface area contributed by atoms with Crippen LogP contribution in [0, 0.1) is 0 Å². The Morgan fingerprint density at radius 1 is 1.02 bits per heavy atom. The lowest BCUT2D eigenvalue weighted by Crippen LogP contribution is -2.29.